The Morgan fingerprint density at radius 1 is 1.31 bits per heavy atom. The smallest absolute Gasteiger partial charge is 0.265 e. The number of rotatable bonds is 9. The first kappa shape index (κ1) is 20.1. The Morgan fingerprint density at radius 2 is 2.28 bits per heavy atom. The number of thiazole rings is 1. The fraction of sp³-hybridized carbons (Fsp3) is 0.364. The Labute approximate surface area is 178 Å². The Bertz CT molecular complexity index is 891. The summed E-state index contributed by atoms with van der Waals surface area (Å²) in [6.07, 6.45) is 4.69. The van der Waals surface area contributed by atoms with E-state index < -0.39 is 0 Å². The van der Waals surface area contributed by atoms with Crippen LogP contribution < -0.4 is 4.74 Å². The Morgan fingerprint density at radius 3 is 3.03 bits per heavy atom. The molecule has 7 heteroatoms. The highest BCUT2D eigenvalue weighted by atomic mass is 32.1. The highest BCUT2D eigenvalue weighted by molar-refractivity contribution is 7.11. The summed E-state index contributed by atoms with van der Waals surface area (Å²) < 4.78 is 11.7. The predicted molar refractivity (Wildman–Crippen MR) is 116 cm³/mol. The molecule has 1 aliphatic rings. The lowest BCUT2D eigenvalue weighted by molar-refractivity contribution is 0.0510. The number of amides is 1. The summed E-state index contributed by atoms with van der Waals surface area (Å²) in [6.45, 7) is 2.54. The number of hydrogen-bond donors (Lipinski definition) is 0. The molecule has 1 fully saturated rings. The van der Waals surface area contributed by atoms with Gasteiger partial charge < -0.3 is 14.4 Å². The quantitative estimate of drug-likeness (QED) is 0.498. The van der Waals surface area contributed by atoms with Crippen LogP contribution in [0, 0.1) is 0 Å². The van der Waals surface area contributed by atoms with Crippen molar-refractivity contribution in [1.82, 2.24) is 9.88 Å². The number of hydrogen-bond acceptors (Lipinski definition) is 6. The summed E-state index contributed by atoms with van der Waals surface area (Å²) in [5.41, 5.74) is 4.04. The van der Waals surface area contributed by atoms with Crippen molar-refractivity contribution in [1.29, 1.82) is 0 Å². The molecule has 0 radical (unpaired) electrons. The van der Waals surface area contributed by atoms with Crippen LogP contribution in [0.1, 0.15) is 33.6 Å². The summed E-state index contributed by atoms with van der Waals surface area (Å²) in [6, 6.07) is 10.1. The summed E-state index contributed by atoms with van der Waals surface area (Å²) in [5.74, 6) is 0.840. The fourth-order valence-electron chi connectivity index (χ4n) is 3.41. The molecule has 1 aromatic carbocycles. The molecular weight excluding hydrogens is 404 g/mol. The molecule has 0 saturated carbocycles. The van der Waals surface area contributed by atoms with Crippen LogP contribution in [0.5, 0.6) is 5.75 Å². The van der Waals surface area contributed by atoms with Gasteiger partial charge in [0.2, 0.25) is 0 Å². The van der Waals surface area contributed by atoms with Gasteiger partial charge in [-0.1, -0.05) is 12.1 Å². The van der Waals surface area contributed by atoms with E-state index in [1.54, 1.807) is 23.0 Å². The molecule has 5 nitrogen and oxygen atoms in total. The number of carbonyl (C=O) groups excluding carboxylic acids is 1. The lowest BCUT2D eigenvalue weighted by Crippen LogP contribution is -2.36. The van der Waals surface area contributed by atoms with Crippen LogP contribution in [0.25, 0.3) is 0 Å². The Balaban J connectivity index is 1.41. The van der Waals surface area contributed by atoms with E-state index in [1.807, 2.05) is 29.2 Å². The second-order valence-corrected chi connectivity index (χ2v) is 8.73. The number of thiophene rings is 1. The van der Waals surface area contributed by atoms with Crippen LogP contribution in [-0.4, -0.2) is 41.7 Å². The third-order valence-corrected chi connectivity index (χ3v) is 6.38. The highest BCUT2D eigenvalue weighted by Gasteiger charge is 2.24. The van der Waals surface area contributed by atoms with E-state index in [9.17, 15) is 4.79 Å². The van der Waals surface area contributed by atoms with Gasteiger partial charge in [-0.3, -0.25) is 9.78 Å². The monoisotopic (exact) mass is 428 g/mol. The molecule has 3 aromatic rings. The molecule has 0 spiro atoms. The first-order valence-electron chi connectivity index (χ1n) is 9.80. The number of aromatic nitrogens is 1. The van der Waals surface area contributed by atoms with E-state index in [0.29, 0.717) is 24.6 Å². The maximum absolute atomic E-state index is 13.0. The lowest BCUT2D eigenvalue weighted by atomic mass is 10.1. The van der Waals surface area contributed by atoms with Gasteiger partial charge in [-0.05, 0) is 52.9 Å². The molecular formula is C22H24N2O3S2. The first-order chi connectivity index (χ1) is 14.3. The highest BCUT2D eigenvalue weighted by Crippen LogP contribution is 2.21. The lowest BCUT2D eigenvalue weighted by Gasteiger charge is -2.25. The van der Waals surface area contributed by atoms with Crippen molar-refractivity contribution in [3.05, 3.63) is 68.8 Å². The van der Waals surface area contributed by atoms with Gasteiger partial charge >= 0.3 is 0 Å². The van der Waals surface area contributed by atoms with Crippen LogP contribution >= 0.6 is 22.7 Å². The molecule has 3 heterocycles. The van der Waals surface area contributed by atoms with Crippen molar-refractivity contribution < 1.29 is 14.3 Å². The molecule has 29 heavy (non-hydrogen) atoms. The van der Waals surface area contributed by atoms with Gasteiger partial charge in [0.05, 0.1) is 24.4 Å². The first-order valence-corrected chi connectivity index (χ1v) is 11.6. The molecule has 4 rings (SSSR count). The molecule has 0 aliphatic carbocycles. The zero-order valence-corrected chi connectivity index (χ0v) is 17.8. The molecule has 0 bridgehead atoms. The van der Waals surface area contributed by atoms with Crippen molar-refractivity contribution in [3.8, 4) is 5.75 Å². The van der Waals surface area contributed by atoms with E-state index in [2.05, 4.69) is 21.8 Å². The zero-order valence-electron chi connectivity index (χ0n) is 16.2. The van der Waals surface area contributed by atoms with Crippen LogP contribution in [0.4, 0.5) is 0 Å². The van der Waals surface area contributed by atoms with Gasteiger partial charge in [0.25, 0.3) is 5.91 Å². The van der Waals surface area contributed by atoms with Gasteiger partial charge in [0, 0.05) is 26.1 Å². The molecule has 1 amide bonds. The maximum Gasteiger partial charge on any atom is 0.265 e. The largest absolute Gasteiger partial charge is 0.493 e. The van der Waals surface area contributed by atoms with Gasteiger partial charge in [-0.15, -0.1) is 11.3 Å². The minimum atomic E-state index is 0.00628. The molecule has 1 unspecified atom stereocenters. The van der Waals surface area contributed by atoms with Crippen LogP contribution in [0.2, 0.25) is 0 Å². The number of benzene rings is 1. The van der Waals surface area contributed by atoms with Crippen molar-refractivity contribution in [3.63, 3.8) is 0 Å². The van der Waals surface area contributed by atoms with E-state index >= 15 is 0 Å². The normalized spacial score (nSPS) is 16.1. The van der Waals surface area contributed by atoms with Gasteiger partial charge in [0.1, 0.15) is 10.6 Å². The van der Waals surface area contributed by atoms with Crippen molar-refractivity contribution in [2.45, 2.75) is 31.9 Å². The average Bonchev–Trinajstić information content (AvgIpc) is 3.50. The van der Waals surface area contributed by atoms with Crippen molar-refractivity contribution >= 4 is 28.6 Å². The minimum absolute atomic E-state index is 0.00628. The van der Waals surface area contributed by atoms with Crippen LogP contribution in [0.3, 0.4) is 0 Å². The SMILES string of the molecule is O=C(c1cncs1)N(Cc1cccc(OCCc2ccsc2)c1)CC1CCCO1. The number of nitrogens with zero attached hydrogens (tertiary/aromatic N) is 2. The third-order valence-electron chi connectivity index (χ3n) is 4.89. The third kappa shape index (κ3) is 5.65. The molecule has 0 N–H and O–H groups in total. The standard InChI is InChI=1S/C22H24N2O3S2/c25-22(21-12-23-16-29-21)24(14-20-5-2-8-26-20)13-18-3-1-4-19(11-18)27-9-6-17-7-10-28-15-17/h1,3-4,7,10-12,15-16,20H,2,5-6,8-9,13-14H2. The number of carbonyl (C=O) groups is 1. The van der Waals surface area contributed by atoms with Gasteiger partial charge in [-0.2, -0.15) is 11.3 Å². The molecule has 1 saturated heterocycles. The Hall–Kier alpha value is -2.22. The zero-order chi connectivity index (χ0) is 19.9. The molecule has 1 aliphatic heterocycles. The van der Waals surface area contributed by atoms with Crippen molar-refractivity contribution in [2.24, 2.45) is 0 Å². The summed E-state index contributed by atoms with van der Waals surface area (Å²) >= 11 is 3.08. The summed E-state index contributed by atoms with van der Waals surface area (Å²) in [4.78, 5) is 19.6. The van der Waals surface area contributed by atoms with E-state index in [0.717, 1.165) is 37.2 Å². The topological polar surface area (TPSA) is 51.7 Å². The second kappa shape index (κ2) is 10.0. The molecule has 152 valence electrons. The fourth-order valence-corrected chi connectivity index (χ4v) is 4.70. The summed E-state index contributed by atoms with van der Waals surface area (Å²) in [7, 11) is 0. The van der Waals surface area contributed by atoms with Gasteiger partial charge in [-0.25, -0.2) is 0 Å². The molecule has 2 aromatic heterocycles. The van der Waals surface area contributed by atoms with E-state index in [-0.39, 0.29) is 12.0 Å². The summed E-state index contributed by atoms with van der Waals surface area (Å²) in [5, 5.41) is 4.23. The second-order valence-electron chi connectivity index (χ2n) is 7.06. The Kier molecular flexibility index (Phi) is 6.92. The van der Waals surface area contributed by atoms with Crippen molar-refractivity contribution in [2.75, 3.05) is 19.8 Å². The van der Waals surface area contributed by atoms with E-state index in [1.165, 1.54) is 16.9 Å². The maximum atomic E-state index is 13.0. The number of ether oxygens (including phenoxy) is 2. The van der Waals surface area contributed by atoms with Crippen LogP contribution in [-0.2, 0) is 17.7 Å². The average molecular weight is 429 g/mol. The predicted octanol–water partition coefficient (Wildman–Crippen LogP) is 4.65. The van der Waals surface area contributed by atoms with Gasteiger partial charge in [0.15, 0.2) is 0 Å². The minimum Gasteiger partial charge on any atom is -0.493 e. The van der Waals surface area contributed by atoms with E-state index in [4.69, 9.17) is 9.47 Å². The van der Waals surface area contributed by atoms with Crippen LogP contribution in [0.15, 0.2) is 52.8 Å². The molecule has 1 atom stereocenters.